The molecule has 0 radical (unpaired) electrons. The lowest BCUT2D eigenvalue weighted by Gasteiger charge is -2.03. The second kappa shape index (κ2) is 8.82. The number of carbonyl (C=O) groups is 1. The summed E-state index contributed by atoms with van der Waals surface area (Å²) in [6.07, 6.45) is 2.62. The molecule has 0 aliphatic heterocycles. The number of aromatic nitrogens is 4. The van der Waals surface area contributed by atoms with Crippen LogP contribution in [0.1, 0.15) is 22.6 Å². The maximum Gasteiger partial charge on any atom is 0.273 e. The summed E-state index contributed by atoms with van der Waals surface area (Å²) in [5.74, 6) is 0.657. The highest BCUT2D eigenvalue weighted by Crippen LogP contribution is 2.15. The monoisotopic (exact) mass is 387 g/mol. The van der Waals surface area contributed by atoms with E-state index in [9.17, 15) is 4.79 Å². The topological polar surface area (TPSA) is 72.7 Å². The second-order valence-corrected chi connectivity index (χ2v) is 7.08. The third-order valence-electron chi connectivity index (χ3n) is 3.53. The maximum absolute atomic E-state index is 12.3. The van der Waals surface area contributed by atoms with Crippen LogP contribution in [-0.4, -0.2) is 38.2 Å². The van der Waals surface area contributed by atoms with Gasteiger partial charge in [-0.1, -0.05) is 23.7 Å². The number of nitrogens with one attached hydrogen (secondary N) is 1. The highest BCUT2D eigenvalue weighted by Gasteiger charge is 2.16. The Morgan fingerprint density at radius 2 is 2.12 bits per heavy atom. The zero-order chi connectivity index (χ0) is 18.4. The molecule has 0 bridgehead atoms. The van der Waals surface area contributed by atoms with Gasteiger partial charge in [-0.05, 0) is 43.7 Å². The van der Waals surface area contributed by atoms with Crippen LogP contribution in [-0.2, 0) is 0 Å². The van der Waals surface area contributed by atoms with E-state index in [-0.39, 0.29) is 5.91 Å². The molecule has 0 saturated heterocycles. The van der Waals surface area contributed by atoms with Crippen LogP contribution >= 0.6 is 23.4 Å². The third-order valence-corrected chi connectivity index (χ3v) is 4.80. The number of nitrogens with zero attached hydrogens (tertiary/aromatic N) is 4. The summed E-state index contributed by atoms with van der Waals surface area (Å²) in [6, 6.07) is 13.0. The minimum absolute atomic E-state index is 0.224. The van der Waals surface area contributed by atoms with E-state index in [4.69, 9.17) is 11.6 Å². The number of hydrogen-bond acceptors (Lipinski definition) is 5. The quantitative estimate of drug-likeness (QED) is 0.496. The van der Waals surface area contributed by atoms with Crippen molar-refractivity contribution in [2.45, 2.75) is 18.4 Å². The van der Waals surface area contributed by atoms with E-state index < -0.39 is 0 Å². The average Bonchev–Trinajstić information content (AvgIpc) is 3.04. The average molecular weight is 388 g/mol. The molecular formula is C18H18ClN5OS. The van der Waals surface area contributed by atoms with E-state index in [0.29, 0.717) is 28.6 Å². The fourth-order valence-corrected chi connectivity index (χ4v) is 3.26. The molecule has 0 fully saturated rings. The van der Waals surface area contributed by atoms with Crippen molar-refractivity contribution in [3.63, 3.8) is 0 Å². The van der Waals surface area contributed by atoms with Gasteiger partial charge in [0.25, 0.3) is 5.91 Å². The molecule has 0 spiro atoms. The predicted octanol–water partition coefficient (Wildman–Crippen LogP) is 3.54. The molecule has 0 aliphatic carbocycles. The molecule has 1 amide bonds. The third kappa shape index (κ3) is 4.83. The summed E-state index contributed by atoms with van der Waals surface area (Å²) in [5.41, 5.74) is 1.61. The van der Waals surface area contributed by atoms with Crippen LogP contribution < -0.4 is 5.32 Å². The molecular weight excluding hydrogens is 370 g/mol. The zero-order valence-electron chi connectivity index (χ0n) is 14.2. The molecule has 1 N–H and O–H groups in total. The molecule has 0 atom stereocenters. The number of rotatable bonds is 7. The summed E-state index contributed by atoms with van der Waals surface area (Å²) < 4.78 is 0. The normalized spacial score (nSPS) is 10.7. The van der Waals surface area contributed by atoms with Gasteiger partial charge in [-0.15, -0.1) is 16.9 Å². The van der Waals surface area contributed by atoms with Gasteiger partial charge in [-0.25, -0.2) is 4.98 Å². The Morgan fingerprint density at radius 1 is 1.23 bits per heavy atom. The molecule has 0 unspecified atom stereocenters. The maximum atomic E-state index is 12.3. The molecule has 6 nitrogen and oxygen atoms in total. The fraction of sp³-hybridized carbons (Fsp3) is 0.222. The lowest BCUT2D eigenvalue weighted by atomic mass is 10.3. The van der Waals surface area contributed by atoms with Gasteiger partial charge in [0.15, 0.2) is 5.69 Å². The van der Waals surface area contributed by atoms with Crippen LogP contribution in [0.3, 0.4) is 0 Å². The number of aryl methyl sites for hydroxylation is 1. The van der Waals surface area contributed by atoms with Crippen molar-refractivity contribution in [1.29, 1.82) is 0 Å². The Kier molecular flexibility index (Phi) is 6.25. The van der Waals surface area contributed by atoms with Crippen molar-refractivity contribution >= 4 is 29.3 Å². The Hall–Kier alpha value is -2.38. The smallest absolute Gasteiger partial charge is 0.273 e. The standard InChI is InChI=1S/C18H18ClN5OS/c1-13-17(23-24(22-13)15-7-4-6-14(19)12-15)18(25)21-10-5-11-26-16-8-2-3-9-20-16/h2-4,6-9,12H,5,10-11H2,1H3,(H,21,25). The van der Waals surface area contributed by atoms with Gasteiger partial charge >= 0.3 is 0 Å². The van der Waals surface area contributed by atoms with Crippen molar-refractivity contribution in [3.8, 4) is 5.69 Å². The summed E-state index contributed by atoms with van der Waals surface area (Å²) in [6.45, 7) is 2.34. The van der Waals surface area contributed by atoms with Crippen LogP contribution in [0, 0.1) is 6.92 Å². The highest BCUT2D eigenvalue weighted by molar-refractivity contribution is 7.99. The van der Waals surface area contributed by atoms with Crippen molar-refractivity contribution in [2.75, 3.05) is 12.3 Å². The molecule has 3 aromatic rings. The summed E-state index contributed by atoms with van der Waals surface area (Å²) in [7, 11) is 0. The van der Waals surface area contributed by atoms with Gasteiger partial charge in [0, 0.05) is 23.5 Å². The Balaban J connectivity index is 1.52. The van der Waals surface area contributed by atoms with E-state index >= 15 is 0 Å². The number of pyridine rings is 1. The molecule has 134 valence electrons. The Morgan fingerprint density at radius 3 is 2.88 bits per heavy atom. The molecule has 0 saturated carbocycles. The predicted molar refractivity (Wildman–Crippen MR) is 103 cm³/mol. The number of carbonyl (C=O) groups excluding carboxylic acids is 1. The minimum Gasteiger partial charge on any atom is -0.351 e. The minimum atomic E-state index is -0.224. The SMILES string of the molecule is Cc1nn(-c2cccc(Cl)c2)nc1C(=O)NCCCSc1ccccn1. The van der Waals surface area contributed by atoms with Crippen molar-refractivity contribution < 1.29 is 4.79 Å². The van der Waals surface area contributed by atoms with Crippen molar-refractivity contribution in [2.24, 2.45) is 0 Å². The first-order valence-electron chi connectivity index (χ1n) is 8.15. The van der Waals surface area contributed by atoms with E-state index in [1.54, 1.807) is 37.0 Å². The van der Waals surface area contributed by atoms with Crippen LogP contribution in [0.4, 0.5) is 0 Å². The van der Waals surface area contributed by atoms with Crippen LogP contribution in [0.25, 0.3) is 5.69 Å². The Bertz CT molecular complexity index is 884. The Labute approximate surface area is 161 Å². The lowest BCUT2D eigenvalue weighted by molar-refractivity contribution is 0.0948. The summed E-state index contributed by atoms with van der Waals surface area (Å²) >= 11 is 7.66. The molecule has 2 heterocycles. The van der Waals surface area contributed by atoms with Crippen LogP contribution in [0.2, 0.25) is 5.02 Å². The molecule has 1 aromatic carbocycles. The fourth-order valence-electron chi connectivity index (χ4n) is 2.27. The van der Waals surface area contributed by atoms with Gasteiger partial charge in [0.2, 0.25) is 0 Å². The van der Waals surface area contributed by atoms with E-state index in [0.717, 1.165) is 17.2 Å². The highest BCUT2D eigenvalue weighted by atomic mass is 35.5. The van der Waals surface area contributed by atoms with E-state index in [1.807, 2.05) is 30.3 Å². The largest absolute Gasteiger partial charge is 0.351 e. The summed E-state index contributed by atoms with van der Waals surface area (Å²) in [5, 5.41) is 13.1. The lowest BCUT2D eigenvalue weighted by Crippen LogP contribution is -2.26. The number of benzene rings is 1. The zero-order valence-corrected chi connectivity index (χ0v) is 15.8. The van der Waals surface area contributed by atoms with Gasteiger partial charge in [0.1, 0.15) is 0 Å². The van der Waals surface area contributed by atoms with E-state index in [1.165, 1.54) is 4.80 Å². The molecule has 2 aromatic heterocycles. The first-order valence-corrected chi connectivity index (χ1v) is 9.52. The van der Waals surface area contributed by atoms with Crippen LogP contribution in [0.5, 0.6) is 0 Å². The van der Waals surface area contributed by atoms with Gasteiger partial charge in [-0.3, -0.25) is 4.79 Å². The summed E-state index contributed by atoms with van der Waals surface area (Å²) in [4.78, 5) is 18.0. The first-order chi connectivity index (χ1) is 12.6. The second-order valence-electron chi connectivity index (χ2n) is 5.53. The van der Waals surface area contributed by atoms with Gasteiger partial charge < -0.3 is 5.32 Å². The number of hydrogen-bond donors (Lipinski definition) is 1. The first kappa shape index (κ1) is 18.4. The number of amides is 1. The number of halogens is 1. The van der Waals surface area contributed by atoms with Crippen molar-refractivity contribution in [3.05, 3.63) is 65.1 Å². The molecule has 3 rings (SSSR count). The van der Waals surface area contributed by atoms with Gasteiger partial charge in [-0.2, -0.15) is 9.90 Å². The number of thioether (sulfide) groups is 1. The molecule has 8 heteroatoms. The van der Waals surface area contributed by atoms with E-state index in [2.05, 4.69) is 20.5 Å². The van der Waals surface area contributed by atoms with Crippen LogP contribution in [0.15, 0.2) is 53.7 Å². The molecule has 0 aliphatic rings. The van der Waals surface area contributed by atoms with Crippen molar-refractivity contribution in [1.82, 2.24) is 25.3 Å². The van der Waals surface area contributed by atoms with Gasteiger partial charge in [0.05, 0.1) is 16.4 Å². The molecule has 26 heavy (non-hydrogen) atoms.